The number of benzene rings is 8. The van der Waals surface area contributed by atoms with E-state index in [1.165, 1.54) is 87.2 Å². The number of rotatable bonds is 1. The summed E-state index contributed by atoms with van der Waals surface area (Å²) >= 11 is 0. The fraction of sp³-hybridized carbons (Fsp3) is 0. The highest BCUT2D eigenvalue weighted by molar-refractivity contribution is 6.17. The van der Waals surface area contributed by atoms with Gasteiger partial charge in [0, 0.05) is 0 Å². The standard InChI is InChI=1S/C38H22/c1-2-6-25-20-35-29(17-24(25)5-1)13-14-30-19-31-18-26(11-12-28(31)21-36(30)35)27-15-16-32-33-9-3-7-23-8-4-10-34(38(23)33)37(32)22-27/h1-22H. The number of hydrogen-bond acceptors (Lipinski definition) is 0. The lowest BCUT2D eigenvalue weighted by Crippen LogP contribution is -1.84. The van der Waals surface area contributed by atoms with Crippen molar-refractivity contribution in [2.75, 3.05) is 0 Å². The quantitative estimate of drug-likeness (QED) is 0.163. The van der Waals surface area contributed by atoms with Crippen molar-refractivity contribution in [3.63, 3.8) is 0 Å². The lowest BCUT2D eigenvalue weighted by atomic mass is 9.93. The molecule has 1 aliphatic rings. The second kappa shape index (κ2) is 7.31. The first-order chi connectivity index (χ1) is 18.8. The number of fused-ring (bicyclic) bond motifs is 8. The Bertz CT molecular complexity index is 2280. The van der Waals surface area contributed by atoms with E-state index in [1.807, 2.05) is 0 Å². The van der Waals surface area contributed by atoms with Crippen LogP contribution < -0.4 is 0 Å². The molecule has 0 spiro atoms. The molecule has 38 heavy (non-hydrogen) atoms. The van der Waals surface area contributed by atoms with Crippen molar-refractivity contribution in [2.24, 2.45) is 0 Å². The van der Waals surface area contributed by atoms with Gasteiger partial charge in [-0.1, -0.05) is 97.1 Å². The fourth-order valence-corrected chi connectivity index (χ4v) is 6.65. The predicted molar refractivity (Wildman–Crippen MR) is 164 cm³/mol. The summed E-state index contributed by atoms with van der Waals surface area (Å²) in [5.41, 5.74) is 7.90. The van der Waals surface area contributed by atoms with Crippen LogP contribution in [-0.2, 0) is 0 Å². The molecule has 9 rings (SSSR count). The molecule has 1 aliphatic carbocycles. The molecule has 0 N–H and O–H groups in total. The van der Waals surface area contributed by atoms with Crippen LogP contribution in [-0.4, -0.2) is 0 Å². The van der Waals surface area contributed by atoms with E-state index in [-0.39, 0.29) is 0 Å². The Morgan fingerprint density at radius 3 is 1.58 bits per heavy atom. The Kier molecular flexibility index (Phi) is 3.88. The molecule has 0 heteroatoms. The average molecular weight is 479 g/mol. The summed E-state index contributed by atoms with van der Waals surface area (Å²) in [6.45, 7) is 0. The Labute approximate surface area is 220 Å². The third-order valence-electron chi connectivity index (χ3n) is 8.50. The average Bonchev–Trinajstić information content (AvgIpc) is 3.29. The van der Waals surface area contributed by atoms with Crippen LogP contribution in [0.5, 0.6) is 0 Å². The molecular weight excluding hydrogens is 456 g/mol. The second-order valence-corrected chi connectivity index (χ2v) is 10.6. The highest BCUT2D eigenvalue weighted by Gasteiger charge is 2.21. The van der Waals surface area contributed by atoms with Crippen molar-refractivity contribution >= 4 is 53.9 Å². The van der Waals surface area contributed by atoms with Crippen LogP contribution in [0.25, 0.3) is 87.2 Å². The smallest absolute Gasteiger partial charge is 0.00264 e. The van der Waals surface area contributed by atoms with Gasteiger partial charge in [0.2, 0.25) is 0 Å². The van der Waals surface area contributed by atoms with Crippen molar-refractivity contribution in [2.45, 2.75) is 0 Å². The maximum atomic E-state index is 2.38. The Morgan fingerprint density at radius 2 is 0.816 bits per heavy atom. The van der Waals surface area contributed by atoms with Gasteiger partial charge in [0.05, 0.1) is 0 Å². The second-order valence-electron chi connectivity index (χ2n) is 10.6. The first kappa shape index (κ1) is 20.2. The van der Waals surface area contributed by atoms with Crippen molar-refractivity contribution < 1.29 is 0 Å². The highest BCUT2D eigenvalue weighted by Crippen LogP contribution is 2.48. The molecule has 0 saturated carbocycles. The Morgan fingerprint density at radius 1 is 0.263 bits per heavy atom. The molecule has 0 heterocycles. The van der Waals surface area contributed by atoms with Crippen LogP contribution in [0.4, 0.5) is 0 Å². The van der Waals surface area contributed by atoms with Gasteiger partial charge in [-0.2, -0.15) is 0 Å². The van der Waals surface area contributed by atoms with Crippen LogP contribution in [0.1, 0.15) is 0 Å². The summed E-state index contributed by atoms with van der Waals surface area (Å²) in [5, 5.41) is 13.0. The van der Waals surface area contributed by atoms with Gasteiger partial charge in [-0.25, -0.2) is 0 Å². The van der Waals surface area contributed by atoms with Crippen molar-refractivity contribution in [1.82, 2.24) is 0 Å². The fourth-order valence-electron chi connectivity index (χ4n) is 6.65. The molecule has 0 amide bonds. The number of hydrogen-bond donors (Lipinski definition) is 0. The van der Waals surface area contributed by atoms with E-state index >= 15 is 0 Å². The summed E-state index contributed by atoms with van der Waals surface area (Å²) in [6.07, 6.45) is 0. The Balaban J connectivity index is 1.21. The maximum Gasteiger partial charge on any atom is -0.00264 e. The third-order valence-corrected chi connectivity index (χ3v) is 8.50. The SMILES string of the molecule is c1ccc2cc3c(ccc4cc5cc(-c6ccc7c(c6)-c6cccc8cccc-7c68)ccc5cc43)cc2c1. The lowest BCUT2D eigenvalue weighted by molar-refractivity contribution is 1.64. The lowest BCUT2D eigenvalue weighted by Gasteiger charge is -2.11. The summed E-state index contributed by atoms with van der Waals surface area (Å²) in [5.74, 6) is 0. The molecule has 0 saturated heterocycles. The first-order valence-corrected chi connectivity index (χ1v) is 13.3. The molecule has 174 valence electrons. The summed E-state index contributed by atoms with van der Waals surface area (Å²) in [7, 11) is 0. The van der Waals surface area contributed by atoms with E-state index in [4.69, 9.17) is 0 Å². The molecule has 0 atom stereocenters. The summed E-state index contributed by atoms with van der Waals surface area (Å²) < 4.78 is 0. The Hall–Kier alpha value is -4.94. The van der Waals surface area contributed by atoms with Gasteiger partial charge >= 0.3 is 0 Å². The molecule has 0 bridgehead atoms. The van der Waals surface area contributed by atoms with Gasteiger partial charge in [-0.05, 0) is 124 Å². The van der Waals surface area contributed by atoms with Crippen molar-refractivity contribution in [3.8, 4) is 33.4 Å². The highest BCUT2D eigenvalue weighted by atomic mass is 14.2. The molecule has 0 aromatic heterocycles. The van der Waals surface area contributed by atoms with E-state index in [9.17, 15) is 0 Å². The maximum absolute atomic E-state index is 2.38. The largest absolute Gasteiger partial charge is 0.0616 e. The molecule has 0 unspecified atom stereocenters. The molecule has 0 nitrogen and oxygen atoms in total. The monoisotopic (exact) mass is 478 g/mol. The van der Waals surface area contributed by atoms with Gasteiger partial charge in [0.15, 0.2) is 0 Å². The van der Waals surface area contributed by atoms with Crippen LogP contribution in [0.2, 0.25) is 0 Å². The topological polar surface area (TPSA) is 0 Å². The van der Waals surface area contributed by atoms with E-state index in [1.54, 1.807) is 0 Å². The summed E-state index contributed by atoms with van der Waals surface area (Å²) in [6, 6.07) is 49.7. The third kappa shape index (κ3) is 2.75. The first-order valence-electron chi connectivity index (χ1n) is 13.3. The molecule has 8 aromatic carbocycles. The predicted octanol–water partition coefficient (Wildman–Crippen LogP) is 10.8. The minimum Gasteiger partial charge on any atom is -0.0616 e. The zero-order valence-electron chi connectivity index (χ0n) is 20.7. The zero-order valence-corrected chi connectivity index (χ0v) is 20.7. The minimum absolute atomic E-state index is 1.26. The van der Waals surface area contributed by atoms with Crippen LogP contribution in [0.15, 0.2) is 133 Å². The molecule has 0 fully saturated rings. The van der Waals surface area contributed by atoms with Gasteiger partial charge in [-0.15, -0.1) is 0 Å². The van der Waals surface area contributed by atoms with Gasteiger partial charge in [0.1, 0.15) is 0 Å². The van der Waals surface area contributed by atoms with Crippen molar-refractivity contribution in [3.05, 3.63) is 133 Å². The van der Waals surface area contributed by atoms with Gasteiger partial charge < -0.3 is 0 Å². The van der Waals surface area contributed by atoms with Gasteiger partial charge in [-0.3, -0.25) is 0 Å². The molecule has 8 aromatic rings. The molecule has 0 aliphatic heterocycles. The molecule has 0 radical (unpaired) electrons. The van der Waals surface area contributed by atoms with E-state index in [2.05, 4.69) is 133 Å². The van der Waals surface area contributed by atoms with Crippen molar-refractivity contribution in [1.29, 1.82) is 0 Å². The van der Waals surface area contributed by atoms with Gasteiger partial charge in [0.25, 0.3) is 0 Å². The van der Waals surface area contributed by atoms with E-state index in [0.29, 0.717) is 0 Å². The minimum atomic E-state index is 1.26. The van der Waals surface area contributed by atoms with Crippen LogP contribution >= 0.6 is 0 Å². The van der Waals surface area contributed by atoms with Crippen LogP contribution in [0, 0.1) is 0 Å². The molecular formula is C38H22. The van der Waals surface area contributed by atoms with Crippen LogP contribution in [0.3, 0.4) is 0 Å². The van der Waals surface area contributed by atoms with E-state index in [0.717, 1.165) is 0 Å². The van der Waals surface area contributed by atoms with E-state index < -0.39 is 0 Å². The normalized spacial score (nSPS) is 12.2. The zero-order chi connectivity index (χ0) is 24.8. The summed E-state index contributed by atoms with van der Waals surface area (Å²) in [4.78, 5) is 0.